The molecule has 0 aliphatic carbocycles. The van der Waals surface area contributed by atoms with Crippen LogP contribution >= 0.6 is 22.6 Å². The van der Waals surface area contributed by atoms with Gasteiger partial charge in [-0.05, 0) is 107 Å². The van der Waals surface area contributed by atoms with Crippen molar-refractivity contribution in [1.82, 2.24) is 5.43 Å². The summed E-state index contributed by atoms with van der Waals surface area (Å²) < 4.78 is 7.02. The van der Waals surface area contributed by atoms with E-state index in [2.05, 4.69) is 62.3 Å². The first kappa shape index (κ1) is 21.4. The molecule has 3 aromatic carbocycles. The molecule has 1 aliphatic rings. The summed E-state index contributed by atoms with van der Waals surface area (Å²) in [6.07, 6.45) is 4.09. The van der Waals surface area contributed by atoms with Crippen molar-refractivity contribution in [3.8, 4) is 5.75 Å². The monoisotopic (exact) mass is 525 g/mol. The minimum atomic E-state index is -0.221. The van der Waals surface area contributed by atoms with Gasteiger partial charge in [0.25, 0.3) is 5.91 Å². The topological polar surface area (TPSA) is 53.9 Å². The molecule has 0 unspecified atom stereocenters. The number of halogens is 1. The zero-order valence-electron chi connectivity index (χ0n) is 17.1. The van der Waals surface area contributed by atoms with Gasteiger partial charge in [-0.2, -0.15) is 5.10 Å². The van der Waals surface area contributed by atoms with E-state index in [1.807, 2.05) is 48.5 Å². The Kier molecular flexibility index (Phi) is 7.19. The Morgan fingerprint density at radius 1 is 0.968 bits per heavy atom. The Balaban J connectivity index is 1.26. The van der Waals surface area contributed by atoms with Gasteiger partial charge >= 0.3 is 0 Å². The van der Waals surface area contributed by atoms with E-state index in [1.165, 1.54) is 22.1 Å². The Labute approximate surface area is 196 Å². The predicted octanol–water partition coefficient (Wildman–Crippen LogP) is 5.23. The number of hydrazone groups is 1. The molecule has 1 N–H and O–H groups in total. The van der Waals surface area contributed by atoms with Gasteiger partial charge < -0.3 is 9.64 Å². The Morgan fingerprint density at radius 2 is 1.65 bits per heavy atom. The molecular weight excluding hydrogens is 501 g/mol. The average molecular weight is 525 g/mol. The first-order valence-electron chi connectivity index (χ1n) is 10.3. The Bertz CT molecular complexity index is 1030. The van der Waals surface area contributed by atoms with Crippen molar-refractivity contribution in [2.75, 3.05) is 18.0 Å². The summed E-state index contributed by atoms with van der Waals surface area (Å²) in [7, 11) is 0. The Hall–Kier alpha value is -2.87. The van der Waals surface area contributed by atoms with Gasteiger partial charge in [-0.3, -0.25) is 4.79 Å². The van der Waals surface area contributed by atoms with E-state index >= 15 is 0 Å². The van der Waals surface area contributed by atoms with Crippen LogP contribution in [-0.4, -0.2) is 25.2 Å². The van der Waals surface area contributed by atoms with Crippen LogP contribution in [0.1, 0.15) is 34.3 Å². The molecule has 3 aromatic rings. The van der Waals surface area contributed by atoms with Crippen molar-refractivity contribution in [2.45, 2.75) is 19.4 Å². The quantitative estimate of drug-likeness (QED) is 0.261. The van der Waals surface area contributed by atoms with E-state index in [0.717, 1.165) is 30.0 Å². The molecule has 0 bridgehead atoms. The molecule has 0 radical (unpaired) electrons. The van der Waals surface area contributed by atoms with Gasteiger partial charge in [0.05, 0.1) is 6.21 Å². The maximum atomic E-state index is 12.3. The number of ether oxygens (including phenoxy) is 1. The second kappa shape index (κ2) is 10.4. The molecule has 1 heterocycles. The van der Waals surface area contributed by atoms with E-state index in [9.17, 15) is 4.79 Å². The fraction of sp³-hybridized carbons (Fsp3) is 0.200. The molecule has 0 saturated carbocycles. The fourth-order valence-corrected chi connectivity index (χ4v) is 3.79. The molecule has 1 saturated heterocycles. The van der Waals surface area contributed by atoms with Crippen molar-refractivity contribution in [3.05, 3.63) is 93.1 Å². The van der Waals surface area contributed by atoms with Gasteiger partial charge in [0.2, 0.25) is 0 Å². The number of benzene rings is 3. The van der Waals surface area contributed by atoms with Crippen LogP contribution < -0.4 is 15.1 Å². The van der Waals surface area contributed by atoms with Gasteiger partial charge in [0.15, 0.2) is 0 Å². The van der Waals surface area contributed by atoms with Gasteiger partial charge in [-0.25, -0.2) is 5.43 Å². The smallest absolute Gasteiger partial charge is 0.271 e. The highest BCUT2D eigenvalue weighted by Crippen LogP contribution is 2.20. The predicted molar refractivity (Wildman–Crippen MR) is 133 cm³/mol. The molecule has 1 aliphatic heterocycles. The maximum absolute atomic E-state index is 12.3. The number of anilines is 1. The van der Waals surface area contributed by atoms with Crippen LogP contribution in [0, 0.1) is 3.57 Å². The van der Waals surface area contributed by atoms with Crippen LogP contribution in [0.5, 0.6) is 5.75 Å². The van der Waals surface area contributed by atoms with Gasteiger partial charge in [0.1, 0.15) is 12.4 Å². The summed E-state index contributed by atoms with van der Waals surface area (Å²) in [6.45, 7) is 2.70. The van der Waals surface area contributed by atoms with Gasteiger partial charge in [0, 0.05) is 27.9 Å². The Morgan fingerprint density at radius 3 is 2.32 bits per heavy atom. The summed E-state index contributed by atoms with van der Waals surface area (Å²) >= 11 is 2.29. The number of carbonyl (C=O) groups is 1. The lowest BCUT2D eigenvalue weighted by Crippen LogP contribution is -2.19. The molecular formula is C25H24IN3O2. The molecule has 1 amide bonds. The lowest BCUT2D eigenvalue weighted by molar-refractivity contribution is 0.0955. The molecule has 0 atom stereocenters. The highest BCUT2D eigenvalue weighted by atomic mass is 127. The number of hydrogen-bond donors (Lipinski definition) is 1. The maximum Gasteiger partial charge on any atom is 0.271 e. The van der Waals surface area contributed by atoms with Crippen LogP contribution in [0.25, 0.3) is 0 Å². The van der Waals surface area contributed by atoms with Crippen molar-refractivity contribution in [2.24, 2.45) is 5.10 Å². The number of rotatable bonds is 7. The first-order chi connectivity index (χ1) is 15.2. The lowest BCUT2D eigenvalue weighted by Gasteiger charge is -2.17. The van der Waals surface area contributed by atoms with Crippen molar-refractivity contribution in [1.29, 1.82) is 0 Å². The zero-order valence-corrected chi connectivity index (χ0v) is 19.3. The third-order valence-corrected chi connectivity index (χ3v) is 5.90. The molecule has 158 valence electrons. The standard InChI is InChI=1S/C25H24IN3O2/c26-22-9-3-20(4-10-22)18-31-24-13-5-19(6-14-24)17-27-28-25(30)21-7-11-23(12-8-21)29-15-1-2-16-29/h3-14,17H,1-2,15-16,18H2,(H,28,30)/b27-17-. The minimum Gasteiger partial charge on any atom is -0.489 e. The third kappa shape index (κ3) is 6.07. The number of nitrogens with one attached hydrogen (secondary N) is 1. The normalized spacial score (nSPS) is 13.5. The number of hydrogen-bond acceptors (Lipinski definition) is 4. The summed E-state index contributed by atoms with van der Waals surface area (Å²) in [4.78, 5) is 14.6. The highest BCUT2D eigenvalue weighted by Gasteiger charge is 2.12. The van der Waals surface area contributed by atoms with Crippen molar-refractivity contribution >= 4 is 40.4 Å². The first-order valence-corrected chi connectivity index (χ1v) is 11.4. The van der Waals surface area contributed by atoms with E-state index in [1.54, 1.807) is 6.21 Å². The molecule has 4 rings (SSSR count). The van der Waals surface area contributed by atoms with Gasteiger partial charge in [-0.15, -0.1) is 0 Å². The zero-order chi connectivity index (χ0) is 21.5. The lowest BCUT2D eigenvalue weighted by atomic mass is 10.2. The van der Waals surface area contributed by atoms with Crippen molar-refractivity contribution < 1.29 is 9.53 Å². The number of amides is 1. The minimum absolute atomic E-state index is 0.221. The van der Waals surface area contributed by atoms with Gasteiger partial charge in [-0.1, -0.05) is 12.1 Å². The van der Waals surface area contributed by atoms with Crippen LogP contribution in [0.4, 0.5) is 5.69 Å². The largest absolute Gasteiger partial charge is 0.489 e. The molecule has 5 nitrogen and oxygen atoms in total. The second-order valence-corrected chi connectivity index (χ2v) is 8.67. The number of carbonyl (C=O) groups excluding carboxylic acids is 1. The van der Waals surface area contributed by atoms with Crippen LogP contribution in [0.15, 0.2) is 77.9 Å². The summed E-state index contributed by atoms with van der Waals surface area (Å²) in [5, 5.41) is 4.07. The molecule has 31 heavy (non-hydrogen) atoms. The second-order valence-electron chi connectivity index (χ2n) is 7.42. The van der Waals surface area contributed by atoms with E-state index < -0.39 is 0 Å². The molecule has 1 fully saturated rings. The van der Waals surface area contributed by atoms with Crippen LogP contribution in [0.2, 0.25) is 0 Å². The average Bonchev–Trinajstić information content (AvgIpc) is 3.35. The van der Waals surface area contributed by atoms with E-state index in [0.29, 0.717) is 12.2 Å². The molecule has 6 heteroatoms. The fourth-order valence-electron chi connectivity index (χ4n) is 3.43. The highest BCUT2D eigenvalue weighted by molar-refractivity contribution is 14.1. The summed E-state index contributed by atoms with van der Waals surface area (Å²) in [6, 6.07) is 23.5. The van der Waals surface area contributed by atoms with Crippen LogP contribution in [0.3, 0.4) is 0 Å². The summed E-state index contributed by atoms with van der Waals surface area (Å²) in [5.74, 6) is 0.569. The van der Waals surface area contributed by atoms with Crippen molar-refractivity contribution in [3.63, 3.8) is 0 Å². The molecule has 0 spiro atoms. The summed E-state index contributed by atoms with van der Waals surface area (Å²) in [5.41, 5.74) is 6.36. The number of nitrogens with zero attached hydrogens (tertiary/aromatic N) is 2. The molecule has 0 aromatic heterocycles. The van der Waals surface area contributed by atoms with E-state index in [-0.39, 0.29) is 5.91 Å². The van der Waals surface area contributed by atoms with Crippen LogP contribution in [-0.2, 0) is 6.61 Å². The third-order valence-electron chi connectivity index (χ3n) is 5.18. The SMILES string of the molecule is O=C(N/N=C\c1ccc(OCc2ccc(I)cc2)cc1)c1ccc(N2CCCC2)cc1. The van der Waals surface area contributed by atoms with E-state index in [4.69, 9.17) is 4.74 Å².